The molecule has 3 aromatic heterocycles. The number of thiophene rings is 1. The Labute approximate surface area is 311 Å². The summed E-state index contributed by atoms with van der Waals surface area (Å²) < 4.78 is 7.29. The first-order valence-electron chi connectivity index (χ1n) is 17.7. The summed E-state index contributed by atoms with van der Waals surface area (Å²) >= 11 is 4.35. The molecule has 0 aliphatic carbocycles. The highest BCUT2D eigenvalue weighted by molar-refractivity contribution is 8.00. The molecule has 0 radical (unpaired) electrons. The number of nitrogens with one attached hydrogen (secondary N) is 2. The van der Waals surface area contributed by atoms with E-state index in [-0.39, 0.29) is 28.9 Å². The van der Waals surface area contributed by atoms with Crippen LogP contribution in [0.4, 0.5) is 5.82 Å². The molecule has 5 heterocycles. The minimum absolute atomic E-state index is 0.0439. The lowest BCUT2D eigenvalue weighted by molar-refractivity contribution is -0.119. The number of piperidine rings is 1. The summed E-state index contributed by atoms with van der Waals surface area (Å²) in [5, 5.41) is 8.42. The molecule has 2 amide bonds. The fraction of sp³-hybridized carbons (Fsp3) is 0.410. The van der Waals surface area contributed by atoms with Crippen LogP contribution in [0.2, 0.25) is 0 Å². The van der Waals surface area contributed by atoms with Crippen LogP contribution in [0.15, 0.2) is 70.8 Å². The molecule has 2 aliphatic rings. The highest BCUT2D eigenvalue weighted by Gasteiger charge is 2.33. The number of benzene rings is 2. The van der Waals surface area contributed by atoms with Gasteiger partial charge < -0.3 is 20.3 Å². The lowest BCUT2D eigenvalue weighted by Crippen LogP contribution is -2.36. The van der Waals surface area contributed by atoms with Gasteiger partial charge in [0.1, 0.15) is 15.7 Å². The van der Waals surface area contributed by atoms with E-state index in [4.69, 9.17) is 19.7 Å². The van der Waals surface area contributed by atoms with Crippen LogP contribution in [0.3, 0.4) is 0 Å². The van der Waals surface area contributed by atoms with E-state index in [1.54, 1.807) is 11.3 Å². The number of amides is 2. The largest absolute Gasteiger partial charge is 0.370 e. The Bertz CT molecular complexity index is 2000. The number of ether oxygens (including phenoxy) is 1. The number of carbonyl (C=O) groups excluding carboxylic acids is 2. The van der Waals surface area contributed by atoms with E-state index in [0.29, 0.717) is 24.9 Å². The van der Waals surface area contributed by atoms with Crippen LogP contribution in [0.1, 0.15) is 55.4 Å². The van der Waals surface area contributed by atoms with Crippen molar-refractivity contribution in [3.63, 3.8) is 0 Å². The van der Waals surface area contributed by atoms with Crippen LogP contribution in [0, 0.1) is 0 Å². The van der Waals surface area contributed by atoms with Crippen molar-refractivity contribution in [3.8, 4) is 0 Å². The zero-order chi connectivity index (χ0) is 35.2. The number of anilines is 1. The zero-order valence-corrected chi connectivity index (χ0v) is 31.7. The van der Waals surface area contributed by atoms with E-state index in [1.165, 1.54) is 46.6 Å². The van der Waals surface area contributed by atoms with Crippen molar-refractivity contribution in [1.29, 1.82) is 0 Å². The van der Waals surface area contributed by atoms with Gasteiger partial charge >= 0.3 is 0 Å². The first-order valence-corrected chi connectivity index (χ1v) is 20.5. The average Bonchev–Trinajstić information content (AvgIpc) is 3.52. The Morgan fingerprint density at radius 3 is 2.10 bits per heavy atom. The Hall–Kier alpha value is -3.71. The van der Waals surface area contributed by atoms with E-state index < -0.39 is 0 Å². The van der Waals surface area contributed by atoms with E-state index >= 15 is 0 Å². The molecule has 1 saturated heterocycles. The number of thioether (sulfide) groups is 2. The molecule has 0 saturated carbocycles. The molecule has 5 aromatic rings. The molecule has 12 heteroatoms. The van der Waals surface area contributed by atoms with Gasteiger partial charge in [-0.05, 0) is 62.6 Å². The van der Waals surface area contributed by atoms with Gasteiger partial charge in [0.2, 0.25) is 11.8 Å². The quantitative estimate of drug-likeness (QED) is 0.0751. The van der Waals surface area contributed by atoms with Crippen molar-refractivity contribution in [2.24, 2.45) is 0 Å². The molecule has 2 aromatic carbocycles. The van der Waals surface area contributed by atoms with E-state index in [0.717, 1.165) is 82.0 Å². The maximum absolute atomic E-state index is 13.0. The van der Waals surface area contributed by atoms with Crippen LogP contribution >= 0.6 is 34.9 Å². The first kappa shape index (κ1) is 35.7. The maximum atomic E-state index is 13.0. The van der Waals surface area contributed by atoms with Crippen LogP contribution in [0.5, 0.6) is 0 Å². The van der Waals surface area contributed by atoms with Crippen LogP contribution in [-0.4, -0.2) is 70.1 Å². The van der Waals surface area contributed by atoms with Gasteiger partial charge in [0.05, 0.1) is 33.9 Å². The fourth-order valence-corrected chi connectivity index (χ4v) is 9.50. The van der Waals surface area contributed by atoms with E-state index in [1.807, 2.05) is 36.4 Å². The molecule has 0 unspecified atom stereocenters. The second-order valence-electron chi connectivity index (χ2n) is 13.7. The Morgan fingerprint density at radius 2 is 1.45 bits per heavy atom. The number of nitrogens with zero attached hydrogens (tertiary/aromatic N) is 4. The van der Waals surface area contributed by atoms with Crippen molar-refractivity contribution in [2.75, 3.05) is 42.6 Å². The summed E-state index contributed by atoms with van der Waals surface area (Å²) in [6.45, 7) is 7.91. The third-order valence-corrected chi connectivity index (χ3v) is 12.3. The molecule has 51 heavy (non-hydrogen) atoms. The highest BCUT2D eigenvalue weighted by atomic mass is 32.2. The predicted octanol–water partition coefficient (Wildman–Crippen LogP) is 6.98. The number of pyridine rings is 1. The average molecular weight is 741 g/mol. The van der Waals surface area contributed by atoms with Crippen molar-refractivity contribution in [3.05, 3.63) is 82.9 Å². The molecule has 0 bridgehead atoms. The number of rotatable bonds is 13. The lowest BCUT2D eigenvalue weighted by Gasteiger charge is -2.36. The van der Waals surface area contributed by atoms with Gasteiger partial charge in [-0.15, -0.1) is 11.3 Å². The zero-order valence-electron chi connectivity index (χ0n) is 29.2. The van der Waals surface area contributed by atoms with Crippen LogP contribution in [-0.2, 0) is 40.2 Å². The first-order chi connectivity index (χ1) is 24.8. The minimum atomic E-state index is -0.327. The maximum Gasteiger partial charge on any atom is 0.230 e. The summed E-state index contributed by atoms with van der Waals surface area (Å²) in [6.07, 6.45) is 5.86. The summed E-state index contributed by atoms with van der Waals surface area (Å²) in [5.74, 6) is 1.34. The Balaban J connectivity index is 1.17. The summed E-state index contributed by atoms with van der Waals surface area (Å²) in [5.41, 5.74) is 5.28. The minimum Gasteiger partial charge on any atom is -0.370 e. The van der Waals surface area contributed by atoms with Gasteiger partial charge in [0.25, 0.3) is 0 Å². The normalized spacial score (nSPS) is 15.5. The third kappa shape index (κ3) is 8.85. The molecule has 7 rings (SSSR count). The molecule has 2 aliphatic heterocycles. The van der Waals surface area contributed by atoms with Crippen molar-refractivity contribution >= 4 is 72.9 Å². The van der Waals surface area contributed by atoms with Gasteiger partial charge in [-0.25, -0.2) is 15.0 Å². The van der Waals surface area contributed by atoms with Gasteiger partial charge in [-0.2, -0.15) is 0 Å². The molecular weight excluding hydrogens is 697 g/mol. The Kier molecular flexibility index (Phi) is 11.4. The summed E-state index contributed by atoms with van der Waals surface area (Å²) in [7, 11) is 0. The fourth-order valence-electron chi connectivity index (χ4n) is 6.69. The summed E-state index contributed by atoms with van der Waals surface area (Å²) in [4.78, 5) is 44.7. The third-order valence-electron chi connectivity index (χ3n) is 9.30. The molecule has 1 fully saturated rings. The van der Waals surface area contributed by atoms with Crippen molar-refractivity contribution in [1.82, 2.24) is 25.6 Å². The standard InChI is InChI=1S/C39H44N6O3S3/c1-39(2)22-28-29(23-48-39)35(45-20-10-5-11-21-45)43-36-32(28)33-34(51-36)37(49-24-30(46)40-18-16-26-12-6-3-7-13-26)44-38(42-33)50-25-31(47)41-19-17-27-14-8-4-9-15-27/h3-4,6-9,12-15H,5,10-11,16-25H2,1-2H3,(H,40,46)(H,41,47). The van der Waals surface area contributed by atoms with Crippen LogP contribution < -0.4 is 15.5 Å². The number of hydrogen-bond donors (Lipinski definition) is 2. The highest BCUT2D eigenvalue weighted by Crippen LogP contribution is 2.45. The molecular formula is C39H44N6O3S3. The second kappa shape index (κ2) is 16.3. The monoisotopic (exact) mass is 740 g/mol. The van der Waals surface area contributed by atoms with Gasteiger partial charge in [0, 0.05) is 43.5 Å². The number of hydrogen-bond acceptors (Lipinski definition) is 10. The molecule has 0 atom stereocenters. The molecule has 266 valence electrons. The number of aromatic nitrogens is 3. The second-order valence-corrected chi connectivity index (χ2v) is 16.6. The van der Waals surface area contributed by atoms with Crippen molar-refractivity contribution < 1.29 is 14.3 Å². The number of fused-ring (bicyclic) bond motifs is 5. The Morgan fingerprint density at radius 1 is 0.824 bits per heavy atom. The van der Waals surface area contributed by atoms with E-state index in [2.05, 4.69) is 53.6 Å². The van der Waals surface area contributed by atoms with Gasteiger partial charge in [-0.3, -0.25) is 9.59 Å². The molecule has 0 spiro atoms. The smallest absolute Gasteiger partial charge is 0.230 e. The molecule has 2 N–H and O–H groups in total. The van der Waals surface area contributed by atoms with Crippen molar-refractivity contribution in [2.45, 2.75) is 74.8 Å². The van der Waals surface area contributed by atoms with Crippen LogP contribution in [0.25, 0.3) is 20.4 Å². The molecule has 9 nitrogen and oxygen atoms in total. The van der Waals surface area contributed by atoms with Gasteiger partial charge in [-0.1, -0.05) is 84.2 Å². The van der Waals surface area contributed by atoms with Gasteiger partial charge in [0.15, 0.2) is 5.16 Å². The summed E-state index contributed by atoms with van der Waals surface area (Å²) in [6, 6.07) is 20.3. The lowest BCUT2D eigenvalue weighted by atomic mass is 9.90. The topological polar surface area (TPSA) is 109 Å². The number of carbonyl (C=O) groups is 2. The SMILES string of the molecule is CC1(C)Cc2c(c(N3CCCCC3)nc3sc4c(SCC(=O)NCCc5ccccc5)nc(SCC(=O)NCCc5ccccc5)nc4c23)CO1. The van der Waals surface area contributed by atoms with E-state index in [9.17, 15) is 9.59 Å². The predicted molar refractivity (Wildman–Crippen MR) is 209 cm³/mol.